The summed E-state index contributed by atoms with van der Waals surface area (Å²) >= 11 is 0. The molecule has 2 rings (SSSR count). The largest absolute Gasteiger partial charge is 0.496 e. The number of benzene rings is 1. The van der Waals surface area contributed by atoms with Crippen LogP contribution < -0.4 is 4.74 Å². The molecule has 1 aliphatic heterocycles. The van der Waals surface area contributed by atoms with Crippen LogP contribution in [-0.2, 0) is 9.59 Å². The summed E-state index contributed by atoms with van der Waals surface area (Å²) in [5, 5.41) is 0. The molecule has 0 atom stereocenters. The van der Waals surface area contributed by atoms with Gasteiger partial charge in [0.15, 0.2) is 0 Å². The van der Waals surface area contributed by atoms with Crippen molar-refractivity contribution in [3.05, 3.63) is 35.9 Å². The summed E-state index contributed by atoms with van der Waals surface area (Å²) < 4.78 is 5.44. The second kappa shape index (κ2) is 16.5. The van der Waals surface area contributed by atoms with Crippen LogP contribution in [0.4, 0.5) is 0 Å². The van der Waals surface area contributed by atoms with E-state index in [1.165, 1.54) is 25.7 Å². The maximum atomic E-state index is 13.1. The average molecular weight is 514 g/mol. The molecule has 6 heteroatoms. The summed E-state index contributed by atoms with van der Waals surface area (Å²) in [4.78, 5) is 32.1. The van der Waals surface area contributed by atoms with Gasteiger partial charge in [0.25, 0.3) is 0 Å². The fourth-order valence-corrected chi connectivity index (χ4v) is 4.69. The van der Waals surface area contributed by atoms with Crippen molar-refractivity contribution in [3.8, 4) is 5.75 Å². The Morgan fingerprint density at radius 2 is 1.68 bits per heavy atom. The monoisotopic (exact) mass is 513 g/mol. The SMILES string of the molecule is CCCCCCCCC(=O)N1CCN(CCN(C/C=C/c2ccccc2OC)C(=O)CC(C)(C)C)CC1. The first-order valence-electron chi connectivity index (χ1n) is 14.3. The molecule has 0 N–H and O–H groups in total. The van der Waals surface area contributed by atoms with Gasteiger partial charge in [-0.25, -0.2) is 0 Å². The summed E-state index contributed by atoms with van der Waals surface area (Å²) in [6.45, 7) is 14.0. The minimum Gasteiger partial charge on any atom is -0.496 e. The molecule has 1 aliphatic rings. The van der Waals surface area contributed by atoms with E-state index in [2.05, 4.69) is 38.7 Å². The Kier molecular flexibility index (Phi) is 13.8. The number of carbonyl (C=O) groups is 2. The maximum absolute atomic E-state index is 13.1. The van der Waals surface area contributed by atoms with Crippen molar-refractivity contribution in [1.82, 2.24) is 14.7 Å². The van der Waals surface area contributed by atoms with Crippen molar-refractivity contribution < 1.29 is 14.3 Å². The van der Waals surface area contributed by atoms with E-state index < -0.39 is 0 Å². The van der Waals surface area contributed by atoms with Crippen molar-refractivity contribution in [2.45, 2.75) is 79.1 Å². The number of rotatable bonds is 15. The third kappa shape index (κ3) is 12.2. The predicted octanol–water partition coefficient (Wildman–Crippen LogP) is 5.87. The van der Waals surface area contributed by atoms with Gasteiger partial charge in [-0.3, -0.25) is 14.5 Å². The first kappa shape index (κ1) is 30.9. The third-order valence-electron chi connectivity index (χ3n) is 6.95. The highest BCUT2D eigenvalue weighted by atomic mass is 16.5. The van der Waals surface area contributed by atoms with Crippen LogP contribution in [0.15, 0.2) is 30.3 Å². The fourth-order valence-electron chi connectivity index (χ4n) is 4.69. The molecule has 1 heterocycles. The molecule has 0 bridgehead atoms. The van der Waals surface area contributed by atoms with Gasteiger partial charge in [0.05, 0.1) is 7.11 Å². The number of carbonyl (C=O) groups excluding carboxylic acids is 2. The number of methoxy groups -OCH3 is 1. The number of hydrogen-bond acceptors (Lipinski definition) is 4. The van der Waals surface area contributed by atoms with Crippen LogP contribution in [0.1, 0.15) is 84.6 Å². The molecule has 0 unspecified atom stereocenters. The Morgan fingerprint density at radius 1 is 1.00 bits per heavy atom. The Morgan fingerprint density at radius 3 is 2.35 bits per heavy atom. The molecule has 1 aromatic carbocycles. The summed E-state index contributed by atoms with van der Waals surface area (Å²) in [7, 11) is 1.67. The molecular weight excluding hydrogens is 462 g/mol. The lowest BCUT2D eigenvalue weighted by Crippen LogP contribution is -2.50. The molecule has 2 amide bonds. The molecule has 0 aliphatic carbocycles. The van der Waals surface area contributed by atoms with Gasteiger partial charge < -0.3 is 14.5 Å². The summed E-state index contributed by atoms with van der Waals surface area (Å²) in [6, 6.07) is 7.91. The zero-order valence-corrected chi connectivity index (χ0v) is 24.1. The van der Waals surface area contributed by atoms with E-state index in [9.17, 15) is 9.59 Å². The van der Waals surface area contributed by atoms with Crippen LogP contribution in [0.25, 0.3) is 6.08 Å². The number of para-hydroxylation sites is 1. The molecule has 37 heavy (non-hydrogen) atoms. The van der Waals surface area contributed by atoms with Crippen LogP contribution in [0.5, 0.6) is 5.75 Å². The quantitative estimate of drug-likeness (QED) is 0.275. The van der Waals surface area contributed by atoms with E-state index in [0.29, 0.717) is 31.8 Å². The first-order valence-corrected chi connectivity index (χ1v) is 14.3. The van der Waals surface area contributed by atoms with E-state index in [0.717, 1.165) is 56.9 Å². The van der Waals surface area contributed by atoms with Crippen LogP contribution >= 0.6 is 0 Å². The number of nitrogens with zero attached hydrogens (tertiary/aromatic N) is 3. The van der Waals surface area contributed by atoms with Gasteiger partial charge in [-0.2, -0.15) is 0 Å². The molecule has 0 spiro atoms. The lowest BCUT2D eigenvalue weighted by atomic mass is 9.91. The van der Waals surface area contributed by atoms with E-state index in [4.69, 9.17) is 4.74 Å². The number of amides is 2. The Labute approximate surface area is 226 Å². The lowest BCUT2D eigenvalue weighted by molar-refractivity contribution is -0.133. The molecule has 0 aromatic heterocycles. The topological polar surface area (TPSA) is 53.1 Å². The summed E-state index contributed by atoms with van der Waals surface area (Å²) in [5.74, 6) is 1.32. The van der Waals surface area contributed by atoms with E-state index in [-0.39, 0.29) is 11.3 Å². The molecule has 0 radical (unpaired) electrons. The predicted molar refractivity (Wildman–Crippen MR) is 154 cm³/mol. The van der Waals surface area contributed by atoms with E-state index in [1.807, 2.05) is 40.1 Å². The highest BCUT2D eigenvalue weighted by Crippen LogP contribution is 2.21. The number of unbranched alkanes of at least 4 members (excludes halogenated alkanes) is 5. The normalized spacial score (nSPS) is 14.8. The van der Waals surface area contributed by atoms with Crippen molar-refractivity contribution in [3.63, 3.8) is 0 Å². The Bertz CT molecular complexity index is 838. The number of ether oxygens (including phenoxy) is 1. The molecular formula is C31H51N3O3. The van der Waals surface area contributed by atoms with Crippen LogP contribution in [0, 0.1) is 5.41 Å². The highest BCUT2D eigenvalue weighted by Gasteiger charge is 2.23. The number of hydrogen-bond donors (Lipinski definition) is 0. The van der Waals surface area contributed by atoms with Crippen molar-refractivity contribution in [2.75, 3.05) is 52.9 Å². The third-order valence-corrected chi connectivity index (χ3v) is 6.95. The highest BCUT2D eigenvalue weighted by molar-refractivity contribution is 5.77. The van der Waals surface area contributed by atoms with Crippen molar-refractivity contribution >= 4 is 17.9 Å². The summed E-state index contributed by atoms with van der Waals surface area (Å²) in [6.07, 6.45) is 12.5. The van der Waals surface area contributed by atoms with Gasteiger partial charge >= 0.3 is 0 Å². The first-order chi connectivity index (χ1) is 17.7. The average Bonchev–Trinajstić information content (AvgIpc) is 2.87. The lowest BCUT2D eigenvalue weighted by Gasteiger charge is -2.36. The zero-order chi connectivity index (χ0) is 27.1. The maximum Gasteiger partial charge on any atom is 0.223 e. The van der Waals surface area contributed by atoms with Gasteiger partial charge in [-0.1, -0.05) is 90.2 Å². The molecule has 208 valence electrons. The fraction of sp³-hybridized carbons (Fsp3) is 0.677. The zero-order valence-electron chi connectivity index (χ0n) is 24.1. The van der Waals surface area contributed by atoms with Crippen molar-refractivity contribution in [1.29, 1.82) is 0 Å². The Balaban J connectivity index is 1.82. The molecule has 1 saturated heterocycles. The van der Waals surface area contributed by atoms with E-state index >= 15 is 0 Å². The second-order valence-corrected chi connectivity index (χ2v) is 11.5. The molecule has 1 fully saturated rings. The van der Waals surface area contributed by atoms with Crippen molar-refractivity contribution in [2.24, 2.45) is 5.41 Å². The minimum absolute atomic E-state index is 0.0519. The number of piperazine rings is 1. The smallest absolute Gasteiger partial charge is 0.223 e. The van der Waals surface area contributed by atoms with Gasteiger partial charge in [-0.15, -0.1) is 0 Å². The van der Waals surface area contributed by atoms with E-state index in [1.54, 1.807) is 7.11 Å². The second-order valence-electron chi connectivity index (χ2n) is 11.5. The van der Waals surface area contributed by atoms with Crippen LogP contribution in [-0.4, -0.2) is 79.4 Å². The van der Waals surface area contributed by atoms with Gasteiger partial charge in [-0.05, 0) is 17.9 Å². The van der Waals surface area contributed by atoms with Gasteiger partial charge in [0.1, 0.15) is 5.75 Å². The van der Waals surface area contributed by atoms with Crippen LogP contribution in [0.2, 0.25) is 0 Å². The standard InChI is InChI=1S/C31H51N3O3/c1-6-7-8-9-10-11-18-29(35)34-24-21-32(22-25-34)20-23-33(30(36)26-31(2,3)4)19-14-16-27-15-12-13-17-28(27)37-5/h12-17H,6-11,18-26H2,1-5H3/b16-14+. The Hall–Kier alpha value is -2.34. The van der Waals surface area contributed by atoms with Gasteiger partial charge in [0.2, 0.25) is 11.8 Å². The molecule has 0 saturated carbocycles. The minimum atomic E-state index is -0.0519. The molecule has 6 nitrogen and oxygen atoms in total. The van der Waals surface area contributed by atoms with Gasteiger partial charge in [0, 0.05) is 64.2 Å². The summed E-state index contributed by atoms with van der Waals surface area (Å²) in [5.41, 5.74) is 0.957. The molecule has 1 aromatic rings. The van der Waals surface area contributed by atoms with Crippen LogP contribution in [0.3, 0.4) is 0 Å².